The number of ether oxygens (including phenoxy) is 2. The Hall–Kier alpha value is -1.14. The Kier molecular flexibility index (Phi) is 19.3. The summed E-state index contributed by atoms with van der Waals surface area (Å²) in [5, 5.41) is 20.6. The first kappa shape index (κ1) is 36.9. The van der Waals surface area contributed by atoms with Gasteiger partial charge in [0.25, 0.3) is 0 Å². The zero-order valence-electron chi connectivity index (χ0n) is 25.9. The first-order valence-corrected chi connectivity index (χ1v) is 15.2. The fraction of sp³-hybridized carbons (Fsp3) is 0.906. The van der Waals surface area contributed by atoms with Crippen LogP contribution in [0.2, 0.25) is 0 Å². The number of rotatable bonds is 21. The lowest BCUT2D eigenvalue weighted by molar-refractivity contribution is -0.159. The summed E-state index contributed by atoms with van der Waals surface area (Å²) in [5.74, 6) is -0.901. The minimum atomic E-state index is -0.802. The summed E-state index contributed by atoms with van der Waals surface area (Å²) in [6.07, 6.45) is 12.4. The lowest BCUT2D eigenvalue weighted by Crippen LogP contribution is -2.33. The van der Waals surface area contributed by atoms with Crippen molar-refractivity contribution in [2.45, 2.75) is 176 Å². The van der Waals surface area contributed by atoms with Crippen LogP contribution in [0.1, 0.15) is 151 Å². The maximum atomic E-state index is 12.6. The second-order valence-electron chi connectivity index (χ2n) is 13.2. The molecular weight excluding hydrogens is 480 g/mol. The topological polar surface area (TPSA) is 93.1 Å². The van der Waals surface area contributed by atoms with Crippen molar-refractivity contribution in [3.05, 3.63) is 6.92 Å². The Morgan fingerprint density at radius 2 is 1.03 bits per heavy atom. The van der Waals surface area contributed by atoms with E-state index in [1.807, 2.05) is 41.5 Å². The third-order valence-electron chi connectivity index (χ3n) is 7.29. The van der Waals surface area contributed by atoms with E-state index < -0.39 is 47.2 Å². The Balaban J connectivity index is 4.78. The fourth-order valence-corrected chi connectivity index (χ4v) is 4.18. The van der Waals surface area contributed by atoms with Gasteiger partial charge in [0.2, 0.25) is 0 Å². The molecule has 225 valence electrons. The first-order valence-electron chi connectivity index (χ1n) is 15.2. The van der Waals surface area contributed by atoms with Crippen LogP contribution < -0.4 is 0 Å². The van der Waals surface area contributed by atoms with E-state index in [0.717, 1.165) is 19.3 Å². The summed E-state index contributed by atoms with van der Waals surface area (Å²) >= 11 is 0. The van der Waals surface area contributed by atoms with Gasteiger partial charge in [0.15, 0.2) is 0 Å². The highest BCUT2D eigenvalue weighted by Gasteiger charge is 2.29. The molecule has 0 bridgehead atoms. The van der Waals surface area contributed by atoms with Crippen LogP contribution in [0.3, 0.4) is 0 Å². The molecule has 38 heavy (non-hydrogen) atoms. The molecule has 0 aromatic carbocycles. The van der Waals surface area contributed by atoms with Crippen molar-refractivity contribution in [3.8, 4) is 0 Å². The summed E-state index contributed by atoms with van der Waals surface area (Å²) in [6.45, 7) is 17.4. The van der Waals surface area contributed by atoms with E-state index in [-0.39, 0.29) is 12.8 Å². The van der Waals surface area contributed by atoms with E-state index in [2.05, 4.69) is 13.8 Å². The van der Waals surface area contributed by atoms with Crippen LogP contribution in [0.15, 0.2) is 0 Å². The molecule has 6 nitrogen and oxygen atoms in total. The van der Waals surface area contributed by atoms with Crippen LogP contribution in [0.5, 0.6) is 0 Å². The second-order valence-corrected chi connectivity index (χ2v) is 13.2. The minimum absolute atomic E-state index is 0.0646. The standard InChI is InChI=1S/C32H61O6/c1-9-11-12-13-14-15-16-17-18-19-20-21-26(38-30(36)24-28(34)32(6,7)8)22-25(10-2)37-29(35)23-27(33)31(3,4)5/h25-28,33-34H,2,9-24H2,1,3-8H3. The molecule has 0 rings (SSSR count). The van der Waals surface area contributed by atoms with E-state index in [1.54, 1.807) is 0 Å². The van der Waals surface area contributed by atoms with Crippen molar-refractivity contribution in [1.29, 1.82) is 0 Å². The van der Waals surface area contributed by atoms with Crippen molar-refractivity contribution in [1.82, 2.24) is 0 Å². The molecule has 0 aliphatic heterocycles. The molecule has 4 unspecified atom stereocenters. The van der Waals surface area contributed by atoms with E-state index in [1.165, 1.54) is 51.4 Å². The molecule has 0 amide bonds. The summed E-state index contributed by atoms with van der Waals surface area (Å²) in [5.41, 5.74) is -0.830. The summed E-state index contributed by atoms with van der Waals surface area (Å²) in [4.78, 5) is 25.1. The summed E-state index contributed by atoms with van der Waals surface area (Å²) < 4.78 is 11.4. The van der Waals surface area contributed by atoms with Crippen LogP contribution in [0, 0.1) is 17.8 Å². The van der Waals surface area contributed by atoms with Crippen molar-refractivity contribution in [3.63, 3.8) is 0 Å². The van der Waals surface area contributed by atoms with E-state index in [4.69, 9.17) is 9.47 Å². The van der Waals surface area contributed by atoms with Crippen molar-refractivity contribution in [2.75, 3.05) is 0 Å². The number of carbonyl (C=O) groups is 2. The molecule has 4 atom stereocenters. The number of hydrogen-bond acceptors (Lipinski definition) is 6. The zero-order valence-corrected chi connectivity index (χ0v) is 25.9. The number of esters is 2. The van der Waals surface area contributed by atoms with Gasteiger partial charge in [-0.15, -0.1) is 0 Å². The van der Waals surface area contributed by atoms with Gasteiger partial charge in [-0.3, -0.25) is 9.59 Å². The molecular formula is C32H61O6. The Morgan fingerprint density at radius 1 is 0.658 bits per heavy atom. The third-order valence-corrected chi connectivity index (χ3v) is 7.29. The van der Waals surface area contributed by atoms with Crippen molar-refractivity contribution >= 4 is 11.9 Å². The lowest BCUT2D eigenvalue weighted by Gasteiger charge is -2.28. The maximum absolute atomic E-state index is 12.6. The van der Waals surface area contributed by atoms with Crippen molar-refractivity contribution in [2.24, 2.45) is 10.8 Å². The average Bonchev–Trinajstić information content (AvgIpc) is 2.80. The van der Waals surface area contributed by atoms with E-state index in [0.29, 0.717) is 19.3 Å². The second kappa shape index (κ2) is 19.8. The molecule has 0 aromatic rings. The number of aliphatic hydroxyl groups excluding tert-OH is 2. The van der Waals surface area contributed by atoms with Crippen molar-refractivity contribution < 1.29 is 29.3 Å². The van der Waals surface area contributed by atoms with Crippen LogP contribution in [0.25, 0.3) is 0 Å². The highest BCUT2D eigenvalue weighted by Crippen LogP contribution is 2.25. The highest BCUT2D eigenvalue weighted by atomic mass is 16.6. The fourth-order valence-electron chi connectivity index (χ4n) is 4.18. The zero-order chi connectivity index (χ0) is 29.2. The number of unbranched alkanes of at least 4 members (excludes halogenated alkanes) is 10. The van der Waals surface area contributed by atoms with Crippen LogP contribution in [-0.4, -0.2) is 46.6 Å². The molecule has 6 heteroatoms. The molecule has 0 heterocycles. The summed E-state index contributed by atoms with van der Waals surface area (Å²) in [6, 6.07) is 0. The Labute approximate surface area is 234 Å². The average molecular weight is 542 g/mol. The third kappa shape index (κ3) is 19.0. The lowest BCUT2D eigenvalue weighted by atomic mass is 9.87. The van der Waals surface area contributed by atoms with Gasteiger partial charge in [0, 0.05) is 6.42 Å². The Bertz CT molecular complexity index is 618. The molecule has 0 saturated heterocycles. The molecule has 0 saturated carbocycles. The van der Waals surface area contributed by atoms with Gasteiger partial charge in [-0.05, 0) is 37.0 Å². The predicted molar refractivity (Wildman–Crippen MR) is 156 cm³/mol. The largest absolute Gasteiger partial charge is 0.462 e. The molecule has 0 fully saturated rings. The monoisotopic (exact) mass is 541 g/mol. The highest BCUT2D eigenvalue weighted by molar-refractivity contribution is 5.71. The van der Waals surface area contributed by atoms with Crippen LogP contribution in [-0.2, 0) is 19.1 Å². The molecule has 0 aliphatic carbocycles. The SMILES string of the molecule is [CH2]CC(CC(CCCCCCCCCCCCC)OC(=O)CC(O)C(C)(C)C)OC(=O)CC(O)C(C)(C)C. The van der Waals surface area contributed by atoms with E-state index in [9.17, 15) is 19.8 Å². The smallest absolute Gasteiger partial charge is 0.308 e. The number of aliphatic hydroxyl groups is 2. The van der Waals surface area contributed by atoms with Gasteiger partial charge in [0.1, 0.15) is 12.2 Å². The Morgan fingerprint density at radius 3 is 1.39 bits per heavy atom. The van der Waals surface area contributed by atoms with Crippen LogP contribution >= 0.6 is 0 Å². The van der Waals surface area contributed by atoms with Crippen LogP contribution in [0.4, 0.5) is 0 Å². The molecule has 2 N–H and O–H groups in total. The molecule has 0 spiro atoms. The normalized spacial score (nSPS) is 15.5. The number of carbonyl (C=O) groups excluding carboxylic acids is 2. The predicted octanol–water partition coefficient (Wildman–Crippen LogP) is 7.72. The molecule has 0 aliphatic rings. The van der Waals surface area contributed by atoms with Gasteiger partial charge < -0.3 is 19.7 Å². The van der Waals surface area contributed by atoms with Gasteiger partial charge in [-0.1, -0.05) is 113 Å². The van der Waals surface area contributed by atoms with Gasteiger partial charge in [-0.25, -0.2) is 0 Å². The molecule has 0 aromatic heterocycles. The quantitative estimate of drug-likeness (QED) is 0.114. The maximum Gasteiger partial charge on any atom is 0.308 e. The first-order chi connectivity index (χ1) is 17.7. The van der Waals surface area contributed by atoms with Gasteiger partial charge in [-0.2, -0.15) is 0 Å². The minimum Gasteiger partial charge on any atom is -0.462 e. The van der Waals surface area contributed by atoms with E-state index >= 15 is 0 Å². The summed E-state index contributed by atoms with van der Waals surface area (Å²) in [7, 11) is 0. The molecule has 1 radical (unpaired) electrons. The van der Waals surface area contributed by atoms with Gasteiger partial charge >= 0.3 is 11.9 Å². The van der Waals surface area contributed by atoms with Gasteiger partial charge in [0.05, 0.1) is 25.0 Å². The number of hydrogen-bond donors (Lipinski definition) is 2.